The molecule has 0 fully saturated rings. The zero-order chi connectivity index (χ0) is 12.0. The molecule has 0 unspecified atom stereocenters. The average molecular weight is 242 g/mol. The Morgan fingerprint density at radius 3 is 2.94 bits per heavy atom. The first-order chi connectivity index (χ1) is 7.67. The summed E-state index contributed by atoms with van der Waals surface area (Å²) in [7, 11) is 1.59. The molecular formula is C11H16ClN3O. The van der Waals surface area contributed by atoms with Crippen molar-refractivity contribution in [2.24, 2.45) is 10.7 Å². The quantitative estimate of drug-likeness (QED) is 0.629. The van der Waals surface area contributed by atoms with Gasteiger partial charge in [0.25, 0.3) is 0 Å². The van der Waals surface area contributed by atoms with Crippen LogP contribution in [0.1, 0.15) is 13.3 Å². The third-order valence-corrected chi connectivity index (χ3v) is 2.17. The van der Waals surface area contributed by atoms with Crippen molar-refractivity contribution in [1.82, 2.24) is 0 Å². The number of nitrogens with two attached hydrogens (primary N) is 1. The van der Waals surface area contributed by atoms with Gasteiger partial charge in [0.05, 0.1) is 12.8 Å². The fourth-order valence-corrected chi connectivity index (χ4v) is 1.36. The van der Waals surface area contributed by atoms with Crippen molar-refractivity contribution in [1.29, 1.82) is 0 Å². The van der Waals surface area contributed by atoms with Crippen LogP contribution in [0, 0.1) is 0 Å². The minimum absolute atomic E-state index is 0.363. The molecule has 88 valence electrons. The second-order valence-corrected chi connectivity index (χ2v) is 3.67. The van der Waals surface area contributed by atoms with Crippen LogP contribution in [0.2, 0.25) is 5.02 Å². The van der Waals surface area contributed by atoms with Gasteiger partial charge in [-0.25, -0.2) is 0 Å². The molecule has 0 bridgehead atoms. The molecule has 1 aromatic rings. The topological polar surface area (TPSA) is 59.6 Å². The van der Waals surface area contributed by atoms with E-state index in [9.17, 15) is 0 Å². The van der Waals surface area contributed by atoms with Crippen LogP contribution in [0.5, 0.6) is 5.75 Å². The normalized spacial score (nSPS) is 11.3. The summed E-state index contributed by atoms with van der Waals surface area (Å²) < 4.78 is 5.17. The highest BCUT2D eigenvalue weighted by Gasteiger charge is 2.04. The van der Waals surface area contributed by atoms with E-state index in [0.717, 1.165) is 6.42 Å². The SMILES string of the molecule is CCCN=C(N)Nc1cc(Cl)ccc1OC. The lowest BCUT2D eigenvalue weighted by Gasteiger charge is -2.10. The molecule has 0 spiro atoms. The number of anilines is 1. The monoisotopic (exact) mass is 241 g/mol. The Morgan fingerprint density at radius 2 is 2.31 bits per heavy atom. The molecule has 0 saturated heterocycles. The number of methoxy groups -OCH3 is 1. The predicted molar refractivity (Wildman–Crippen MR) is 68.4 cm³/mol. The van der Waals surface area contributed by atoms with Crippen molar-refractivity contribution >= 4 is 23.2 Å². The summed E-state index contributed by atoms with van der Waals surface area (Å²) in [5.74, 6) is 1.04. The van der Waals surface area contributed by atoms with Gasteiger partial charge in [-0.1, -0.05) is 18.5 Å². The Bertz CT molecular complexity index is 379. The first kappa shape index (κ1) is 12.6. The minimum atomic E-state index is 0.363. The van der Waals surface area contributed by atoms with Crippen LogP contribution in [0.4, 0.5) is 5.69 Å². The number of benzene rings is 1. The molecule has 0 amide bonds. The summed E-state index contributed by atoms with van der Waals surface area (Å²) in [5.41, 5.74) is 6.42. The second kappa shape index (κ2) is 6.23. The summed E-state index contributed by atoms with van der Waals surface area (Å²) in [6.45, 7) is 2.73. The fourth-order valence-electron chi connectivity index (χ4n) is 1.19. The lowest BCUT2D eigenvalue weighted by molar-refractivity contribution is 0.417. The lowest BCUT2D eigenvalue weighted by Crippen LogP contribution is -2.23. The third-order valence-electron chi connectivity index (χ3n) is 1.93. The zero-order valence-corrected chi connectivity index (χ0v) is 10.2. The Balaban J connectivity index is 2.82. The van der Waals surface area contributed by atoms with E-state index in [1.165, 1.54) is 0 Å². The highest BCUT2D eigenvalue weighted by atomic mass is 35.5. The molecule has 1 rings (SSSR count). The predicted octanol–water partition coefficient (Wildman–Crippen LogP) is 2.49. The van der Waals surface area contributed by atoms with Crippen molar-refractivity contribution in [2.75, 3.05) is 19.0 Å². The highest BCUT2D eigenvalue weighted by Crippen LogP contribution is 2.27. The smallest absolute Gasteiger partial charge is 0.193 e. The van der Waals surface area contributed by atoms with Crippen LogP contribution in [0.25, 0.3) is 0 Å². The molecule has 4 nitrogen and oxygen atoms in total. The summed E-state index contributed by atoms with van der Waals surface area (Å²) >= 11 is 5.89. The van der Waals surface area contributed by atoms with E-state index < -0.39 is 0 Å². The van der Waals surface area contributed by atoms with Crippen molar-refractivity contribution < 1.29 is 4.74 Å². The Hall–Kier alpha value is -1.42. The van der Waals surface area contributed by atoms with Crippen LogP contribution in [0.3, 0.4) is 0 Å². The molecule has 1 aromatic carbocycles. The van der Waals surface area contributed by atoms with E-state index >= 15 is 0 Å². The van der Waals surface area contributed by atoms with Gasteiger partial charge >= 0.3 is 0 Å². The van der Waals surface area contributed by atoms with Crippen molar-refractivity contribution in [3.63, 3.8) is 0 Å². The molecule has 0 aromatic heterocycles. The molecule has 16 heavy (non-hydrogen) atoms. The van der Waals surface area contributed by atoms with Gasteiger partial charge in [0.15, 0.2) is 5.96 Å². The van der Waals surface area contributed by atoms with Gasteiger partial charge in [0.1, 0.15) is 5.75 Å². The fraction of sp³-hybridized carbons (Fsp3) is 0.364. The summed E-state index contributed by atoms with van der Waals surface area (Å²) in [6, 6.07) is 5.28. The van der Waals surface area contributed by atoms with Gasteiger partial charge < -0.3 is 15.8 Å². The molecule has 0 saturated carbocycles. The van der Waals surface area contributed by atoms with E-state index in [2.05, 4.69) is 10.3 Å². The van der Waals surface area contributed by atoms with Crippen molar-refractivity contribution in [3.05, 3.63) is 23.2 Å². The van der Waals surface area contributed by atoms with Crippen LogP contribution < -0.4 is 15.8 Å². The first-order valence-electron chi connectivity index (χ1n) is 5.08. The maximum atomic E-state index is 5.89. The number of nitrogens with zero attached hydrogens (tertiary/aromatic N) is 1. The maximum Gasteiger partial charge on any atom is 0.193 e. The van der Waals surface area contributed by atoms with Gasteiger partial charge in [0.2, 0.25) is 0 Å². The van der Waals surface area contributed by atoms with E-state index in [0.29, 0.717) is 29.0 Å². The summed E-state index contributed by atoms with van der Waals surface area (Å²) in [5, 5.41) is 3.57. The summed E-state index contributed by atoms with van der Waals surface area (Å²) in [4.78, 5) is 4.13. The van der Waals surface area contributed by atoms with E-state index in [4.69, 9.17) is 22.1 Å². The number of guanidine groups is 1. The number of nitrogens with one attached hydrogen (secondary N) is 1. The van der Waals surface area contributed by atoms with Gasteiger partial charge in [-0.2, -0.15) is 0 Å². The van der Waals surface area contributed by atoms with Gasteiger partial charge in [-0.15, -0.1) is 0 Å². The molecular weight excluding hydrogens is 226 g/mol. The largest absolute Gasteiger partial charge is 0.495 e. The highest BCUT2D eigenvalue weighted by molar-refractivity contribution is 6.31. The van der Waals surface area contributed by atoms with E-state index in [-0.39, 0.29) is 0 Å². The molecule has 0 aliphatic carbocycles. The van der Waals surface area contributed by atoms with E-state index in [1.54, 1.807) is 25.3 Å². The zero-order valence-electron chi connectivity index (χ0n) is 9.46. The van der Waals surface area contributed by atoms with Crippen LogP contribution in [0.15, 0.2) is 23.2 Å². The number of hydrogen-bond donors (Lipinski definition) is 2. The number of hydrogen-bond acceptors (Lipinski definition) is 2. The number of aliphatic imine (C=N–C) groups is 1. The molecule has 0 atom stereocenters. The van der Waals surface area contributed by atoms with Gasteiger partial charge in [-0.05, 0) is 24.6 Å². The number of rotatable bonds is 4. The van der Waals surface area contributed by atoms with Gasteiger partial charge in [-0.3, -0.25) is 4.99 Å². The van der Waals surface area contributed by atoms with Crippen LogP contribution in [-0.4, -0.2) is 19.6 Å². The van der Waals surface area contributed by atoms with E-state index in [1.807, 2.05) is 6.92 Å². The van der Waals surface area contributed by atoms with Crippen molar-refractivity contribution in [2.45, 2.75) is 13.3 Å². The molecule has 0 aliphatic rings. The number of ether oxygens (including phenoxy) is 1. The van der Waals surface area contributed by atoms with Crippen LogP contribution >= 0.6 is 11.6 Å². The molecule has 0 aliphatic heterocycles. The first-order valence-corrected chi connectivity index (χ1v) is 5.45. The average Bonchev–Trinajstić information content (AvgIpc) is 2.27. The second-order valence-electron chi connectivity index (χ2n) is 3.24. The molecule has 3 N–H and O–H groups in total. The lowest BCUT2D eigenvalue weighted by atomic mass is 10.3. The summed E-state index contributed by atoms with van der Waals surface area (Å²) in [6.07, 6.45) is 0.953. The van der Waals surface area contributed by atoms with Crippen molar-refractivity contribution in [3.8, 4) is 5.75 Å². The Kier molecular flexibility index (Phi) is 4.92. The number of halogens is 1. The molecule has 0 heterocycles. The molecule has 5 heteroatoms. The minimum Gasteiger partial charge on any atom is -0.495 e. The Labute approximate surface area is 100 Å². The molecule has 0 radical (unpaired) electrons. The maximum absolute atomic E-state index is 5.89. The van der Waals surface area contributed by atoms with Crippen LogP contribution in [-0.2, 0) is 0 Å². The third kappa shape index (κ3) is 3.62. The standard InChI is InChI=1S/C11H16ClN3O/c1-3-6-14-11(13)15-9-7-8(12)4-5-10(9)16-2/h4-5,7H,3,6H2,1-2H3,(H3,13,14,15). The Morgan fingerprint density at radius 1 is 1.56 bits per heavy atom. The van der Waals surface area contributed by atoms with Gasteiger partial charge in [0, 0.05) is 11.6 Å².